The lowest BCUT2D eigenvalue weighted by Crippen LogP contribution is -2.38. The monoisotopic (exact) mass is 266 g/mol. The number of nitrogens with one attached hydrogen (secondary N) is 2. The van der Waals surface area contributed by atoms with Crippen molar-refractivity contribution in [3.8, 4) is 0 Å². The minimum Gasteiger partial charge on any atom is -0.354 e. The van der Waals surface area contributed by atoms with Gasteiger partial charge in [-0.25, -0.2) is 0 Å². The Kier molecular flexibility index (Phi) is 4.25. The summed E-state index contributed by atoms with van der Waals surface area (Å²) in [5, 5.41) is 6.90. The van der Waals surface area contributed by atoms with Crippen molar-refractivity contribution in [3.63, 3.8) is 0 Å². The van der Waals surface area contributed by atoms with Gasteiger partial charge in [-0.2, -0.15) is 0 Å². The normalized spacial score (nSPS) is 16.3. The van der Waals surface area contributed by atoms with E-state index in [9.17, 15) is 4.79 Å². The molecule has 2 N–H and O–H groups in total. The minimum atomic E-state index is -0.295. The number of amides is 1. The van der Waals surface area contributed by atoms with E-state index in [0.29, 0.717) is 11.6 Å². The van der Waals surface area contributed by atoms with Gasteiger partial charge in [-0.15, -0.1) is 0 Å². The molecule has 0 aromatic heterocycles. The summed E-state index contributed by atoms with van der Waals surface area (Å²) in [6, 6.07) is 7.62. The average Bonchev–Trinajstić information content (AvgIpc) is 3.17. The lowest BCUT2D eigenvalue weighted by molar-refractivity contribution is -0.123. The van der Waals surface area contributed by atoms with Crippen LogP contribution in [0.1, 0.15) is 25.3 Å². The molecule has 1 amide bonds. The number of hydrogen-bond acceptors (Lipinski definition) is 2. The topological polar surface area (TPSA) is 41.1 Å². The zero-order chi connectivity index (χ0) is 13.0. The molecule has 1 aromatic carbocycles. The fourth-order valence-corrected chi connectivity index (χ4v) is 2.28. The molecule has 98 valence electrons. The Labute approximate surface area is 113 Å². The number of carbonyl (C=O) groups is 1. The summed E-state index contributed by atoms with van der Waals surface area (Å²) >= 11 is 5.87. The van der Waals surface area contributed by atoms with Gasteiger partial charge in [-0.3, -0.25) is 4.79 Å². The second kappa shape index (κ2) is 5.72. The smallest absolute Gasteiger partial charge is 0.230 e. The highest BCUT2D eigenvalue weighted by atomic mass is 35.5. The van der Waals surface area contributed by atoms with Crippen molar-refractivity contribution in [2.75, 3.05) is 19.6 Å². The van der Waals surface area contributed by atoms with E-state index < -0.39 is 0 Å². The maximum atomic E-state index is 12.2. The molecule has 18 heavy (non-hydrogen) atoms. The van der Waals surface area contributed by atoms with E-state index in [1.54, 1.807) is 0 Å². The summed E-state index contributed by atoms with van der Waals surface area (Å²) in [5.74, 6) is 0.141. The highest BCUT2D eigenvalue weighted by Crippen LogP contribution is 2.48. The van der Waals surface area contributed by atoms with Crippen molar-refractivity contribution in [1.82, 2.24) is 10.6 Å². The van der Waals surface area contributed by atoms with Crippen LogP contribution in [0.4, 0.5) is 0 Å². The van der Waals surface area contributed by atoms with Gasteiger partial charge in [0.05, 0.1) is 5.41 Å². The van der Waals surface area contributed by atoms with E-state index in [1.165, 1.54) is 0 Å². The molecule has 0 radical (unpaired) electrons. The molecule has 3 nitrogen and oxygen atoms in total. The maximum Gasteiger partial charge on any atom is 0.230 e. The summed E-state index contributed by atoms with van der Waals surface area (Å²) in [5.41, 5.74) is 0.782. The van der Waals surface area contributed by atoms with E-state index in [1.807, 2.05) is 24.3 Å². The summed E-state index contributed by atoms with van der Waals surface area (Å²) in [6.45, 7) is 4.48. The van der Waals surface area contributed by atoms with Gasteiger partial charge in [-0.1, -0.05) is 30.7 Å². The van der Waals surface area contributed by atoms with Gasteiger partial charge < -0.3 is 10.6 Å². The first-order valence-electron chi connectivity index (χ1n) is 6.44. The Morgan fingerprint density at radius 3 is 2.50 bits per heavy atom. The Hall–Kier alpha value is -1.06. The van der Waals surface area contributed by atoms with E-state index in [4.69, 9.17) is 11.6 Å². The van der Waals surface area contributed by atoms with Gasteiger partial charge in [0.1, 0.15) is 0 Å². The van der Waals surface area contributed by atoms with Crippen LogP contribution < -0.4 is 10.6 Å². The molecule has 0 unspecified atom stereocenters. The largest absolute Gasteiger partial charge is 0.354 e. The van der Waals surface area contributed by atoms with Crippen LogP contribution in [-0.2, 0) is 10.2 Å². The predicted octanol–water partition coefficient (Wildman–Crippen LogP) is 2.10. The SMILES string of the molecule is CCNCCNC(=O)C1(c2ccc(Cl)cc2)CC1. The number of hydrogen-bond donors (Lipinski definition) is 2. The van der Waals surface area contributed by atoms with Crippen LogP contribution in [0.5, 0.6) is 0 Å². The quantitative estimate of drug-likeness (QED) is 0.775. The number of benzene rings is 1. The summed E-state index contributed by atoms with van der Waals surface area (Å²) in [6.07, 6.45) is 1.86. The van der Waals surface area contributed by atoms with E-state index in [0.717, 1.165) is 31.5 Å². The predicted molar refractivity (Wildman–Crippen MR) is 73.9 cm³/mol. The Balaban J connectivity index is 1.94. The van der Waals surface area contributed by atoms with Crippen LogP contribution in [0, 0.1) is 0 Å². The summed E-state index contributed by atoms with van der Waals surface area (Å²) < 4.78 is 0. The molecular weight excluding hydrogens is 248 g/mol. The highest BCUT2D eigenvalue weighted by molar-refractivity contribution is 6.30. The molecule has 0 spiro atoms. The molecule has 1 aliphatic rings. The average molecular weight is 267 g/mol. The number of rotatable bonds is 6. The molecule has 1 fully saturated rings. The molecule has 0 atom stereocenters. The molecule has 1 saturated carbocycles. The second-order valence-electron chi connectivity index (χ2n) is 4.70. The van der Waals surface area contributed by atoms with Crippen LogP contribution in [0.25, 0.3) is 0 Å². The van der Waals surface area contributed by atoms with Crippen LogP contribution in [-0.4, -0.2) is 25.5 Å². The van der Waals surface area contributed by atoms with Crippen molar-refractivity contribution < 1.29 is 4.79 Å². The van der Waals surface area contributed by atoms with Crippen molar-refractivity contribution in [2.24, 2.45) is 0 Å². The fourth-order valence-electron chi connectivity index (χ4n) is 2.15. The van der Waals surface area contributed by atoms with Crippen molar-refractivity contribution in [3.05, 3.63) is 34.9 Å². The molecule has 2 rings (SSSR count). The number of halogens is 1. The zero-order valence-electron chi connectivity index (χ0n) is 10.6. The Bertz CT molecular complexity index is 412. The zero-order valence-corrected chi connectivity index (χ0v) is 11.4. The third-order valence-electron chi connectivity index (χ3n) is 3.42. The molecule has 1 aromatic rings. The first kappa shape index (κ1) is 13.4. The standard InChI is InChI=1S/C14H19ClN2O/c1-2-16-9-10-17-13(18)14(7-8-14)11-3-5-12(15)6-4-11/h3-6,16H,2,7-10H2,1H3,(H,17,18). The summed E-state index contributed by atoms with van der Waals surface area (Å²) in [4.78, 5) is 12.2. The molecule has 4 heteroatoms. The summed E-state index contributed by atoms with van der Waals surface area (Å²) in [7, 11) is 0. The first-order chi connectivity index (χ1) is 8.69. The third-order valence-corrected chi connectivity index (χ3v) is 3.67. The van der Waals surface area contributed by atoms with Gasteiger partial charge in [0.25, 0.3) is 0 Å². The molecule has 0 heterocycles. The lowest BCUT2D eigenvalue weighted by Gasteiger charge is -2.16. The fraction of sp³-hybridized carbons (Fsp3) is 0.500. The van der Waals surface area contributed by atoms with Crippen molar-refractivity contribution in [1.29, 1.82) is 0 Å². The van der Waals surface area contributed by atoms with Gasteiger partial charge >= 0.3 is 0 Å². The molecule has 0 saturated heterocycles. The van der Waals surface area contributed by atoms with Gasteiger partial charge in [0.15, 0.2) is 0 Å². The van der Waals surface area contributed by atoms with Crippen LogP contribution in [0.3, 0.4) is 0 Å². The van der Waals surface area contributed by atoms with Gasteiger partial charge in [0, 0.05) is 18.1 Å². The van der Waals surface area contributed by atoms with Crippen LogP contribution >= 0.6 is 11.6 Å². The van der Waals surface area contributed by atoms with Gasteiger partial charge in [0.2, 0.25) is 5.91 Å². The molecule has 0 bridgehead atoms. The first-order valence-corrected chi connectivity index (χ1v) is 6.82. The van der Waals surface area contributed by atoms with E-state index in [2.05, 4.69) is 17.6 Å². The number of likely N-dealkylation sites (N-methyl/N-ethyl adjacent to an activating group) is 1. The van der Waals surface area contributed by atoms with Crippen LogP contribution in [0.15, 0.2) is 24.3 Å². The van der Waals surface area contributed by atoms with E-state index in [-0.39, 0.29) is 11.3 Å². The lowest BCUT2D eigenvalue weighted by atomic mass is 9.95. The second-order valence-corrected chi connectivity index (χ2v) is 5.13. The molecular formula is C14H19ClN2O. The van der Waals surface area contributed by atoms with Crippen molar-refractivity contribution in [2.45, 2.75) is 25.2 Å². The Morgan fingerprint density at radius 1 is 1.28 bits per heavy atom. The minimum absolute atomic E-state index is 0.141. The van der Waals surface area contributed by atoms with Crippen LogP contribution in [0.2, 0.25) is 5.02 Å². The molecule has 1 aliphatic carbocycles. The van der Waals surface area contributed by atoms with Gasteiger partial charge in [-0.05, 0) is 37.1 Å². The molecule has 0 aliphatic heterocycles. The number of carbonyl (C=O) groups excluding carboxylic acids is 1. The third kappa shape index (κ3) is 2.85. The highest BCUT2D eigenvalue weighted by Gasteiger charge is 2.50. The van der Waals surface area contributed by atoms with Crippen molar-refractivity contribution >= 4 is 17.5 Å². The Morgan fingerprint density at radius 2 is 1.94 bits per heavy atom. The van der Waals surface area contributed by atoms with E-state index >= 15 is 0 Å². The maximum absolute atomic E-state index is 12.2.